The fourth-order valence-electron chi connectivity index (χ4n) is 2.94. The number of carbonyl (C=O) groups is 1. The number of hydrogen-bond donors (Lipinski definition) is 2. The topological polar surface area (TPSA) is 67.2 Å². The highest BCUT2D eigenvalue weighted by molar-refractivity contribution is 7.09. The van der Waals surface area contributed by atoms with Crippen molar-refractivity contribution in [2.24, 2.45) is 0 Å². The summed E-state index contributed by atoms with van der Waals surface area (Å²) in [5.74, 6) is 1.68. The molecule has 4 rings (SSSR count). The van der Waals surface area contributed by atoms with E-state index in [0.717, 1.165) is 36.3 Å². The van der Waals surface area contributed by atoms with E-state index in [1.54, 1.807) is 17.6 Å². The zero-order chi connectivity index (χ0) is 14.9. The first-order chi connectivity index (χ1) is 10.8. The summed E-state index contributed by atoms with van der Waals surface area (Å²) in [4.78, 5) is 16.7. The monoisotopic (exact) mass is 317 g/mol. The standard InChI is InChI=1S/C16H19N3O2S/c20-16(17-8-11-9-22-15(18-11)10-4-5-10)19-13-2-1-3-14-12(13)6-7-21-14/h6-7,9-10,13H,1-5,8H2,(H2,17,19,20). The van der Waals surface area contributed by atoms with Crippen molar-refractivity contribution in [3.63, 3.8) is 0 Å². The molecule has 2 amide bonds. The minimum Gasteiger partial charge on any atom is -0.469 e. The van der Waals surface area contributed by atoms with Crippen LogP contribution in [0.1, 0.15) is 59.7 Å². The maximum absolute atomic E-state index is 12.1. The van der Waals surface area contributed by atoms with Crippen molar-refractivity contribution in [3.05, 3.63) is 39.7 Å². The normalized spacial score (nSPS) is 20.5. The van der Waals surface area contributed by atoms with Crippen molar-refractivity contribution >= 4 is 17.4 Å². The second-order valence-electron chi connectivity index (χ2n) is 6.02. The number of nitrogens with zero attached hydrogens (tertiary/aromatic N) is 1. The lowest BCUT2D eigenvalue weighted by Gasteiger charge is -2.22. The molecule has 22 heavy (non-hydrogen) atoms. The van der Waals surface area contributed by atoms with Crippen LogP contribution >= 0.6 is 11.3 Å². The number of rotatable bonds is 4. The molecule has 2 heterocycles. The van der Waals surface area contributed by atoms with Crippen LogP contribution in [0, 0.1) is 0 Å². The predicted molar refractivity (Wildman–Crippen MR) is 83.8 cm³/mol. The lowest BCUT2D eigenvalue weighted by molar-refractivity contribution is 0.234. The third kappa shape index (κ3) is 2.88. The van der Waals surface area contributed by atoms with Crippen molar-refractivity contribution < 1.29 is 9.21 Å². The van der Waals surface area contributed by atoms with E-state index in [4.69, 9.17) is 4.42 Å². The van der Waals surface area contributed by atoms with Crippen molar-refractivity contribution in [2.75, 3.05) is 0 Å². The molecule has 6 heteroatoms. The van der Waals surface area contributed by atoms with Crippen LogP contribution in [0.25, 0.3) is 0 Å². The van der Waals surface area contributed by atoms with Gasteiger partial charge in [0.2, 0.25) is 0 Å². The minimum absolute atomic E-state index is 0.0555. The number of amides is 2. The molecule has 2 aliphatic carbocycles. The summed E-state index contributed by atoms with van der Waals surface area (Å²) < 4.78 is 5.45. The Morgan fingerprint density at radius 2 is 2.32 bits per heavy atom. The second-order valence-corrected chi connectivity index (χ2v) is 6.91. The molecule has 2 aromatic rings. The lowest BCUT2D eigenvalue weighted by atomic mass is 9.93. The molecule has 2 N–H and O–H groups in total. The summed E-state index contributed by atoms with van der Waals surface area (Å²) in [5.41, 5.74) is 2.07. The zero-order valence-corrected chi connectivity index (χ0v) is 13.1. The van der Waals surface area contributed by atoms with Gasteiger partial charge in [-0.3, -0.25) is 0 Å². The van der Waals surface area contributed by atoms with E-state index >= 15 is 0 Å². The van der Waals surface area contributed by atoms with Gasteiger partial charge in [0, 0.05) is 23.3 Å². The number of carbonyl (C=O) groups excluding carboxylic acids is 1. The number of nitrogens with one attached hydrogen (secondary N) is 2. The molecule has 0 bridgehead atoms. The Morgan fingerprint density at radius 3 is 3.18 bits per heavy atom. The third-order valence-electron chi connectivity index (χ3n) is 4.28. The summed E-state index contributed by atoms with van der Waals surface area (Å²) in [7, 11) is 0. The third-order valence-corrected chi connectivity index (χ3v) is 5.34. The Labute approximate surface area is 133 Å². The van der Waals surface area contributed by atoms with Gasteiger partial charge in [-0.1, -0.05) is 0 Å². The van der Waals surface area contributed by atoms with Crippen LogP contribution < -0.4 is 10.6 Å². The summed E-state index contributed by atoms with van der Waals surface area (Å²) in [5, 5.41) is 9.20. The molecule has 1 unspecified atom stereocenters. The summed E-state index contributed by atoms with van der Waals surface area (Å²) in [6.45, 7) is 0.486. The SMILES string of the molecule is O=C(NCc1csc(C2CC2)n1)NC1CCCc2occc21. The van der Waals surface area contributed by atoms with Crippen LogP contribution in [0.4, 0.5) is 4.79 Å². The molecule has 2 aliphatic rings. The first kappa shape index (κ1) is 13.8. The molecule has 0 saturated heterocycles. The van der Waals surface area contributed by atoms with Gasteiger partial charge in [0.15, 0.2) is 0 Å². The van der Waals surface area contributed by atoms with Gasteiger partial charge in [0.05, 0.1) is 29.6 Å². The number of furan rings is 1. The van der Waals surface area contributed by atoms with Gasteiger partial charge in [-0.15, -0.1) is 11.3 Å². The van der Waals surface area contributed by atoms with Gasteiger partial charge in [-0.2, -0.15) is 0 Å². The molecular weight excluding hydrogens is 298 g/mol. The fourth-order valence-corrected chi connectivity index (χ4v) is 3.93. The van der Waals surface area contributed by atoms with E-state index in [2.05, 4.69) is 15.6 Å². The van der Waals surface area contributed by atoms with Gasteiger partial charge in [0.1, 0.15) is 5.76 Å². The first-order valence-corrected chi connectivity index (χ1v) is 8.72. The summed E-state index contributed by atoms with van der Waals surface area (Å²) in [6.07, 6.45) is 7.19. The number of urea groups is 1. The number of thiazole rings is 1. The van der Waals surface area contributed by atoms with Gasteiger partial charge >= 0.3 is 6.03 Å². The van der Waals surface area contributed by atoms with E-state index in [1.165, 1.54) is 17.8 Å². The van der Waals surface area contributed by atoms with Gasteiger partial charge in [-0.25, -0.2) is 9.78 Å². The predicted octanol–water partition coefficient (Wildman–Crippen LogP) is 3.49. The Balaban J connectivity index is 1.31. The van der Waals surface area contributed by atoms with Crippen molar-refractivity contribution in [3.8, 4) is 0 Å². The minimum atomic E-state index is -0.139. The zero-order valence-electron chi connectivity index (χ0n) is 12.3. The van der Waals surface area contributed by atoms with Crippen molar-refractivity contribution in [1.82, 2.24) is 15.6 Å². The van der Waals surface area contributed by atoms with Gasteiger partial charge in [-0.05, 0) is 31.7 Å². The Morgan fingerprint density at radius 1 is 1.41 bits per heavy atom. The fraction of sp³-hybridized carbons (Fsp3) is 0.500. The molecule has 0 aliphatic heterocycles. The van der Waals surface area contributed by atoms with Gasteiger partial charge in [0.25, 0.3) is 0 Å². The van der Waals surface area contributed by atoms with Gasteiger partial charge < -0.3 is 15.1 Å². The maximum atomic E-state index is 12.1. The average Bonchev–Trinajstić information content (AvgIpc) is 3.07. The molecule has 0 radical (unpaired) electrons. The lowest BCUT2D eigenvalue weighted by Crippen LogP contribution is -2.38. The number of fused-ring (bicyclic) bond motifs is 1. The highest BCUT2D eigenvalue weighted by atomic mass is 32.1. The highest BCUT2D eigenvalue weighted by Gasteiger charge is 2.27. The van der Waals surface area contributed by atoms with Crippen LogP contribution in [-0.4, -0.2) is 11.0 Å². The van der Waals surface area contributed by atoms with E-state index in [0.29, 0.717) is 12.5 Å². The molecule has 116 valence electrons. The van der Waals surface area contributed by atoms with E-state index in [-0.39, 0.29) is 12.1 Å². The smallest absolute Gasteiger partial charge is 0.315 e. The van der Waals surface area contributed by atoms with Crippen molar-refractivity contribution in [2.45, 2.75) is 50.6 Å². The summed E-state index contributed by atoms with van der Waals surface area (Å²) >= 11 is 1.70. The first-order valence-electron chi connectivity index (χ1n) is 7.84. The second kappa shape index (κ2) is 5.76. The number of aryl methyl sites for hydroxylation is 1. The van der Waals surface area contributed by atoms with Crippen LogP contribution in [0.3, 0.4) is 0 Å². The van der Waals surface area contributed by atoms with Crippen molar-refractivity contribution in [1.29, 1.82) is 0 Å². The number of aromatic nitrogens is 1. The molecule has 1 fully saturated rings. The highest BCUT2D eigenvalue weighted by Crippen LogP contribution is 2.41. The quantitative estimate of drug-likeness (QED) is 0.907. The molecule has 5 nitrogen and oxygen atoms in total. The molecular formula is C16H19N3O2S. The van der Waals surface area contributed by atoms with E-state index < -0.39 is 0 Å². The molecule has 1 atom stereocenters. The largest absolute Gasteiger partial charge is 0.469 e. The molecule has 0 aromatic carbocycles. The van der Waals surface area contributed by atoms with Crippen LogP contribution in [0.15, 0.2) is 22.1 Å². The molecule has 2 aromatic heterocycles. The van der Waals surface area contributed by atoms with Crippen LogP contribution in [-0.2, 0) is 13.0 Å². The average molecular weight is 317 g/mol. The Hall–Kier alpha value is -1.82. The number of hydrogen-bond acceptors (Lipinski definition) is 4. The Bertz CT molecular complexity index is 674. The molecule has 1 saturated carbocycles. The maximum Gasteiger partial charge on any atom is 0.315 e. The summed E-state index contributed by atoms with van der Waals surface area (Å²) in [6, 6.07) is 1.88. The van der Waals surface area contributed by atoms with E-state index in [1.807, 2.05) is 11.4 Å². The Kier molecular flexibility index (Phi) is 3.62. The van der Waals surface area contributed by atoms with Crippen LogP contribution in [0.5, 0.6) is 0 Å². The molecule has 0 spiro atoms. The van der Waals surface area contributed by atoms with E-state index in [9.17, 15) is 4.79 Å². The van der Waals surface area contributed by atoms with Crippen LogP contribution in [0.2, 0.25) is 0 Å².